The maximum atomic E-state index is 13.7. The molecular formula is C25H31N3O2. The van der Waals surface area contributed by atoms with Crippen molar-refractivity contribution in [3.05, 3.63) is 81.9 Å². The third-order valence-corrected chi connectivity index (χ3v) is 6.44. The summed E-state index contributed by atoms with van der Waals surface area (Å²) >= 11 is 0. The van der Waals surface area contributed by atoms with Crippen molar-refractivity contribution in [2.75, 3.05) is 7.05 Å². The number of carbonyl (C=O) groups excluding carboxylic acids is 1. The van der Waals surface area contributed by atoms with E-state index in [2.05, 4.69) is 43.6 Å². The van der Waals surface area contributed by atoms with Crippen LogP contribution in [0.4, 0.5) is 0 Å². The van der Waals surface area contributed by atoms with E-state index in [0.717, 1.165) is 18.5 Å². The van der Waals surface area contributed by atoms with Crippen LogP contribution in [0.15, 0.2) is 54.0 Å². The second kappa shape index (κ2) is 7.31. The Balaban J connectivity index is 0.00000272. The number of aryl methyl sites for hydroxylation is 1. The molecule has 1 aliphatic carbocycles. The van der Waals surface area contributed by atoms with E-state index in [9.17, 15) is 9.59 Å². The molecule has 1 atom stereocenters. The average Bonchev–Trinajstić information content (AvgIpc) is 3.11. The second-order valence-electron chi connectivity index (χ2n) is 8.97. The fraction of sp³-hybridized carbons (Fsp3) is 0.360. The molecule has 3 aromatic rings. The number of hydrogen-bond donors (Lipinski definition) is 1. The van der Waals surface area contributed by atoms with E-state index in [1.807, 2.05) is 31.0 Å². The first-order valence-electron chi connectivity index (χ1n) is 10.4. The molecule has 1 unspecified atom stereocenters. The van der Waals surface area contributed by atoms with Gasteiger partial charge in [-0.3, -0.25) is 9.59 Å². The Bertz CT molecular complexity index is 1210. The van der Waals surface area contributed by atoms with Gasteiger partial charge < -0.3 is 14.5 Å². The number of rotatable bonds is 4. The van der Waals surface area contributed by atoms with Crippen LogP contribution in [0.3, 0.4) is 0 Å². The highest BCUT2D eigenvalue weighted by atomic mass is 16.2. The second-order valence-corrected chi connectivity index (χ2v) is 8.97. The van der Waals surface area contributed by atoms with E-state index in [4.69, 9.17) is 0 Å². The number of hydrogen-bond acceptors (Lipinski definition) is 2. The molecule has 1 aromatic carbocycles. The van der Waals surface area contributed by atoms with Gasteiger partial charge in [-0.1, -0.05) is 44.2 Å². The minimum absolute atomic E-state index is 0. The Morgan fingerprint density at radius 2 is 2.13 bits per heavy atom. The average molecular weight is 406 g/mol. The highest BCUT2D eigenvalue weighted by Crippen LogP contribution is 2.43. The first-order valence-corrected chi connectivity index (χ1v) is 10.4. The molecule has 0 spiro atoms. The van der Waals surface area contributed by atoms with Gasteiger partial charge in [0, 0.05) is 32.3 Å². The standard InChI is InChI=1S/C25H29N3O2.H2/c1-6-13-28-15-19(18-14-16(2)26-22(18)24(28)30)23(29)27(5)21-11-12-25(3,4)20-10-8-7-9-17(20)21;/h6-10,14-15,21,26H,1,11-13H2,2-5H3;1H. The van der Waals surface area contributed by atoms with Crippen molar-refractivity contribution in [1.29, 1.82) is 0 Å². The predicted molar refractivity (Wildman–Crippen MR) is 123 cm³/mol. The molecule has 1 aliphatic rings. The number of H-pyrrole nitrogens is 1. The molecule has 2 aromatic heterocycles. The van der Waals surface area contributed by atoms with Crippen LogP contribution in [-0.2, 0) is 12.0 Å². The molecule has 30 heavy (non-hydrogen) atoms. The number of aromatic amines is 1. The molecule has 0 fully saturated rings. The van der Waals surface area contributed by atoms with Gasteiger partial charge in [-0.15, -0.1) is 6.58 Å². The molecule has 4 rings (SSSR count). The smallest absolute Gasteiger partial charge is 0.275 e. The van der Waals surface area contributed by atoms with E-state index in [0.29, 0.717) is 23.0 Å². The topological polar surface area (TPSA) is 58.1 Å². The summed E-state index contributed by atoms with van der Waals surface area (Å²) in [7, 11) is 1.87. The lowest BCUT2D eigenvalue weighted by Crippen LogP contribution is -2.37. The number of allylic oxidation sites excluding steroid dienone is 1. The summed E-state index contributed by atoms with van der Waals surface area (Å²) < 4.78 is 1.55. The molecule has 0 radical (unpaired) electrons. The normalized spacial score (nSPS) is 17.5. The third-order valence-electron chi connectivity index (χ3n) is 6.44. The minimum Gasteiger partial charge on any atom is -0.354 e. The molecule has 1 N–H and O–H groups in total. The quantitative estimate of drug-likeness (QED) is 0.624. The first-order chi connectivity index (χ1) is 14.2. The Morgan fingerprint density at radius 3 is 2.87 bits per heavy atom. The molecule has 0 saturated heterocycles. The zero-order chi connectivity index (χ0) is 21.6. The summed E-state index contributed by atoms with van der Waals surface area (Å²) in [6, 6.07) is 10.3. The van der Waals surface area contributed by atoms with Gasteiger partial charge in [0.1, 0.15) is 5.52 Å². The van der Waals surface area contributed by atoms with Crippen LogP contribution in [0, 0.1) is 6.92 Å². The Kier molecular flexibility index (Phi) is 4.92. The SMILES string of the molecule is C=CCn1cc(C(=O)N(C)C2CCC(C)(C)c3ccccc32)c2cc(C)[nH]c2c1=O.[HH]. The molecule has 5 nitrogen and oxygen atoms in total. The van der Waals surface area contributed by atoms with Gasteiger partial charge in [0.2, 0.25) is 0 Å². The Morgan fingerprint density at radius 1 is 1.40 bits per heavy atom. The van der Waals surface area contributed by atoms with Gasteiger partial charge in [0.05, 0.1) is 11.6 Å². The number of benzene rings is 1. The van der Waals surface area contributed by atoms with Crippen molar-refractivity contribution in [2.45, 2.75) is 51.6 Å². The minimum atomic E-state index is -0.137. The number of aromatic nitrogens is 2. The van der Waals surface area contributed by atoms with Crippen LogP contribution in [0.25, 0.3) is 10.9 Å². The van der Waals surface area contributed by atoms with Crippen molar-refractivity contribution < 1.29 is 6.22 Å². The number of carbonyl (C=O) groups is 1. The molecule has 0 aliphatic heterocycles. The lowest BCUT2D eigenvalue weighted by Gasteiger charge is -2.40. The predicted octanol–water partition coefficient (Wildman–Crippen LogP) is 4.95. The van der Waals surface area contributed by atoms with Crippen LogP contribution < -0.4 is 5.56 Å². The van der Waals surface area contributed by atoms with E-state index in [-0.39, 0.29) is 24.3 Å². The summed E-state index contributed by atoms with van der Waals surface area (Å²) in [5, 5.41) is 0.680. The maximum absolute atomic E-state index is 13.7. The molecule has 158 valence electrons. The zero-order valence-corrected chi connectivity index (χ0v) is 18.2. The molecule has 2 heterocycles. The summed E-state index contributed by atoms with van der Waals surface area (Å²) in [4.78, 5) is 31.4. The summed E-state index contributed by atoms with van der Waals surface area (Å²) in [6.07, 6.45) is 5.27. The number of fused-ring (bicyclic) bond motifs is 2. The van der Waals surface area contributed by atoms with Crippen LogP contribution in [-0.4, -0.2) is 27.4 Å². The van der Waals surface area contributed by atoms with Gasteiger partial charge in [0.15, 0.2) is 0 Å². The highest BCUT2D eigenvalue weighted by Gasteiger charge is 2.36. The van der Waals surface area contributed by atoms with Gasteiger partial charge in [-0.25, -0.2) is 0 Å². The van der Waals surface area contributed by atoms with Gasteiger partial charge >= 0.3 is 0 Å². The van der Waals surface area contributed by atoms with Crippen LogP contribution in [0.1, 0.15) is 61.3 Å². The van der Waals surface area contributed by atoms with E-state index in [1.54, 1.807) is 16.8 Å². The number of pyridine rings is 1. The van der Waals surface area contributed by atoms with Crippen molar-refractivity contribution in [3.63, 3.8) is 0 Å². The summed E-state index contributed by atoms with van der Waals surface area (Å²) in [5.41, 5.74) is 4.35. The molecule has 5 heteroatoms. The number of nitrogens with zero attached hydrogens (tertiary/aromatic N) is 2. The lowest BCUT2D eigenvalue weighted by atomic mass is 9.70. The molecule has 1 amide bonds. The van der Waals surface area contributed by atoms with Gasteiger partial charge in [0.25, 0.3) is 11.5 Å². The highest BCUT2D eigenvalue weighted by molar-refractivity contribution is 6.06. The van der Waals surface area contributed by atoms with Crippen LogP contribution in [0.5, 0.6) is 0 Å². The Hall–Kier alpha value is -3.08. The van der Waals surface area contributed by atoms with Crippen molar-refractivity contribution in [3.8, 4) is 0 Å². The van der Waals surface area contributed by atoms with E-state index in [1.165, 1.54) is 11.1 Å². The Labute approximate surface area is 178 Å². The lowest BCUT2D eigenvalue weighted by molar-refractivity contribution is 0.0705. The monoisotopic (exact) mass is 405 g/mol. The third kappa shape index (κ3) is 3.18. The van der Waals surface area contributed by atoms with E-state index < -0.39 is 0 Å². The van der Waals surface area contributed by atoms with Crippen molar-refractivity contribution in [2.24, 2.45) is 0 Å². The first kappa shape index (κ1) is 20.2. The van der Waals surface area contributed by atoms with Gasteiger partial charge in [-0.05, 0) is 42.4 Å². The molecule has 0 saturated carbocycles. The summed E-state index contributed by atoms with van der Waals surface area (Å²) in [5.74, 6) is -0.0729. The van der Waals surface area contributed by atoms with Crippen LogP contribution >= 0.6 is 0 Å². The molecular weight excluding hydrogens is 374 g/mol. The molecule has 0 bridgehead atoms. The largest absolute Gasteiger partial charge is 0.354 e. The summed E-state index contributed by atoms with van der Waals surface area (Å²) in [6.45, 7) is 10.5. The van der Waals surface area contributed by atoms with Crippen molar-refractivity contribution in [1.82, 2.24) is 14.5 Å². The van der Waals surface area contributed by atoms with Gasteiger partial charge in [-0.2, -0.15) is 0 Å². The fourth-order valence-corrected chi connectivity index (χ4v) is 4.77. The zero-order valence-electron chi connectivity index (χ0n) is 18.2. The fourth-order valence-electron chi connectivity index (χ4n) is 4.77. The van der Waals surface area contributed by atoms with E-state index >= 15 is 0 Å². The van der Waals surface area contributed by atoms with Crippen LogP contribution in [0.2, 0.25) is 0 Å². The number of nitrogens with one attached hydrogen (secondary N) is 1. The maximum Gasteiger partial charge on any atom is 0.275 e. The van der Waals surface area contributed by atoms with Crippen molar-refractivity contribution >= 4 is 16.8 Å². The number of amides is 1.